The van der Waals surface area contributed by atoms with Crippen LogP contribution in [0, 0.1) is 24.1 Å². The Morgan fingerprint density at radius 3 is 2.52 bits per heavy atom. The average Bonchev–Trinajstić information content (AvgIpc) is 3.00. The van der Waals surface area contributed by atoms with Crippen LogP contribution < -0.4 is 5.32 Å². The number of aromatic nitrogens is 2. The lowest BCUT2D eigenvalue weighted by Gasteiger charge is -2.13. The summed E-state index contributed by atoms with van der Waals surface area (Å²) in [6, 6.07) is 16.8. The van der Waals surface area contributed by atoms with Gasteiger partial charge in [-0.25, -0.2) is 9.07 Å². The number of nitriles is 1. The van der Waals surface area contributed by atoms with Crippen molar-refractivity contribution in [3.8, 4) is 11.8 Å². The molecule has 1 amide bonds. The van der Waals surface area contributed by atoms with Crippen LogP contribution in [0.3, 0.4) is 0 Å². The van der Waals surface area contributed by atoms with Crippen LogP contribution in [-0.4, -0.2) is 15.7 Å². The van der Waals surface area contributed by atoms with Crippen LogP contribution in [0.1, 0.15) is 29.8 Å². The molecule has 1 heterocycles. The molecule has 7 heteroatoms. The van der Waals surface area contributed by atoms with E-state index in [2.05, 4.69) is 10.4 Å². The first kappa shape index (κ1) is 20.3. The van der Waals surface area contributed by atoms with Gasteiger partial charge in [0, 0.05) is 5.56 Å². The lowest BCUT2D eigenvalue weighted by atomic mass is 10.1. The zero-order chi connectivity index (χ0) is 21.0. The molecule has 0 aliphatic carbocycles. The largest absolute Gasteiger partial charge is 0.345 e. The molecule has 0 fully saturated rings. The molecule has 1 aromatic heterocycles. The van der Waals surface area contributed by atoms with Gasteiger partial charge >= 0.3 is 0 Å². The lowest BCUT2D eigenvalue weighted by molar-refractivity contribution is -0.117. The van der Waals surface area contributed by atoms with E-state index in [9.17, 15) is 14.4 Å². The van der Waals surface area contributed by atoms with E-state index in [1.807, 2.05) is 43.3 Å². The van der Waals surface area contributed by atoms with Gasteiger partial charge in [-0.2, -0.15) is 10.4 Å². The van der Waals surface area contributed by atoms with Gasteiger partial charge in [0.1, 0.15) is 22.6 Å². The van der Waals surface area contributed by atoms with Gasteiger partial charge in [-0.1, -0.05) is 41.9 Å². The SMILES string of the molecule is Cc1nn(-c2ccc(F)cc2)c(Cl)c1/C=C(\C#N)C(=O)N[C@H](C)c1ccccc1. The molecule has 0 saturated carbocycles. The summed E-state index contributed by atoms with van der Waals surface area (Å²) in [5, 5.41) is 16.9. The number of nitrogens with zero attached hydrogens (tertiary/aromatic N) is 3. The average molecular weight is 409 g/mol. The van der Waals surface area contributed by atoms with Crippen molar-refractivity contribution in [2.45, 2.75) is 19.9 Å². The predicted octanol–water partition coefficient (Wildman–Crippen LogP) is 4.76. The van der Waals surface area contributed by atoms with E-state index in [1.54, 1.807) is 19.1 Å². The van der Waals surface area contributed by atoms with Crippen molar-refractivity contribution < 1.29 is 9.18 Å². The maximum absolute atomic E-state index is 13.2. The second-order valence-electron chi connectivity index (χ2n) is 6.45. The van der Waals surface area contributed by atoms with Crippen molar-refractivity contribution >= 4 is 23.6 Å². The van der Waals surface area contributed by atoms with E-state index in [0.29, 0.717) is 16.9 Å². The number of carbonyl (C=O) groups is 1. The van der Waals surface area contributed by atoms with E-state index >= 15 is 0 Å². The van der Waals surface area contributed by atoms with Gasteiger partial charge in [-0.3, -0.25) is 4.79 Å². The van der Waals surface area contributed by atoms with Crippen molar-refractivity contribution in [3.05, 3.63) is 88.0 Å². The predicted molar refractivity (Wildman–Crippen MR) is 110 cm³/mol. The summed E-state index contributed by atoms with van der Waals surface area (Å²) < 4.78 is 14.6. The van der Waals surface area contributed by atoms with Crippen molar-refractivity contribution in [1.29, 1.82) is 5.26 Å². The number of nitrogens with one attached hydrogen (secondary N) is 1. The first-order chi connectivity index (χ1) is 13.9. The van der Waals surface area contributed by atoms with Gasteiger partial charge in [-0.05, 0) is 49.8 Å². The number of aryl methyl sites for hydroxylation is 1. The second kappa shape index (κ2) is 8.72. The van der Waals surface area contributed by atoms with Crippen LogP contribution >= 0.6 is 11.6 Å². The zero-order valence-corrected chi connectivity index (χ0v) is 16.6. The van der Waals surface area contributed by atoms with Crippen LogP contribution in [0.2, 0.25) is 5.15 Å². The molecule has 0 spiro atoms. The summed E-state index contributed by atoms with van der Waals surface area (Å²) >= 11 is 6.43. The first-order valence-corrected chi connectivity index (χ1v) is 9.27. The lowest BCUT2D eigenvalue weighted by Crippen LogP contribution is -2.27. The van der Waals surface area contributed by atoms with Crippen molar-refractivity contribution in [2.75, 3.05) is 0 Å². The third-order valence-electron chi connectivity index (χ3n) is 4.42. The van der Waals surface area contributed by atoms with Gasteiger partial charge in [0.05, 0.1) is 17.4 Å². The highest BCUT2D eigenvalue weighted by Gasteiger charge is 2.18. The van der Waals surface area contributed by atoms with Crippen LogP contribution in [0.25, 0.3) is 11.8 Å². The summed E-state index contributed by atoms with van der Waals surface area (Å²) in [5.41, 5.74) is 2.40. The maximum atomic E-state index is 13.2. The van der Waals surface area contributed by atoms with E-state index in [0.717, 1.165) is 5.56 Å². The quantitative estimate of drug-likeness (QED) is 0.488. The van der Waals surface area contributed by atoms with E-state index in [-0.39, 0.29) is 22.6 Å². The molecular formula is C22H18ClFN4O. The number of hydrogen-bond acceptors (Lipinski definition) is 3. The Morgan fingerprint density at radius 2 is 1.90 bits per heavy atom. The first-order valence-electron chi connectivity index (χ1n) is 8.89. The maximum Gasteiger partial charge on any atom is 0.262 e. The Morgan fingerprint density at radius 1 is 1.24 bits per heavy atom. The number of benzene rings is 2. The Bertz CT molecular complexity index is 1100. The second-order valence-corrected chi connectivity index (χ2v) is 6.81. The molecule has 0 saturated heterocycles. The van der Waals surface area contributed by atoms with Crippen molar-refractivity contribution in [3.63, 3.8) is 0 Å². The number of rotatable bonds is 5. The summed E-state index contributed by atoms with van der Waals surface area (Å²) in [5.74, 6) is -0.876. The summed E-state index contributed by atoms with van der Waals surface area (Å²) in [6.45, 7) is 3.56. The van der Waals surface area contributed by atoms with Crippen LogP contribution in [0.4, 0.5) is 4.39 Å². The van der Waals surface area contributed by atoms with Crippen LogP contribution in [0.5, 0.6) is 0 Å². The molecule has 1 N–H and O–H groups in total. The summed E-state index contributed by atoms with van der Waals surface area (Å²) in [4.78, 5) is 12.6. The Labute approximate surface area is 173 Å². The summed E-state index contributed by atoms with van der Waals surface area (Å²) in [6.07, 6.45) is 1.41. The number of amides is 1. The van der Waals surface area contributed by atoms with Gasteiger partial charge < -0.3 is 5.32 Å². The summed E-state index contributed by atoms with van der Waals surface area (Å²) in [7, 11) is 0. The molecule has 0 bridgehead atoms. The molecule has 29 heavy (non-hydrogen) atoms. The minimum Gasteiger partial charge on any atom is -0.345 e. The smallest absolute Gasteiger partial charge is 0.262 e. The molecule has 1 atom stereocenters. The molecule has 146 valence electrons. The fourth-order valence-electron chi connectivity index (χ4n) is 2.82. The molecule has 2 aromatic carbocycles. The highest BCUT2D eigenvalue weighted by molar-refractivity contribution is 6.31. The molecule has 0 aliphatic heterocycles. The fourth-order valence-corrected chi connectivity index (χ4v) is 3.15. The minimum absolute atomic E-state index is 0.0866. The Balaban J connectivity index is 1.88. The molecular weight excluding hydrogens is 391 g/mol. The molecule has 0 unspecified atom stereocenters. The third-order valence-corrected chi connectivity index (χ3v) is 4.78. The minimum atomic E-state index is -0.506. The van der Waals surface area contributed by atoms with E-state index < -0.39 is 5.91 Å². The van der Waals surface area contributed by atoms with Crippen molar-refractivity contribution in [2.24, 2.45) is 0 Å². The number of hydrogen-bond donors (Lipinski definition) is 1. The van der Waals surface area contributed by atoms with Gasteiger partial charge in [0.15, 0.2) is 0 Å². The highest BCUT2D eigenvalue weighted by atomic mass is 35.5. The number of carbonyl (C=O) groups excluding carboxylic acids is 1. The van der Waals surface area contributed by atoms with Gasteiger partial charge in [-0.15, -0.1) is 0 Å². The number of halogens is 2. The molecule has 0 aliphatic rings. The zero-order valence-electron chi connectivity index (χ0n) is 15.9. The van der Waals surface area contributed by atoms with Crippen LogP contribution in [0.15, 0.2) is 60.2 Å². The standard InChI is InChI=1S/C22H18ClFN4O/c1-14(16-6-4-3-5-7-16)26-22(29)17(13-25)12-20-15(2)27-28(21(20)23)19-10-8-18(24)9-11-19/h3-12,14H,1-2H3,(H,26,29)/b17-12+/t14-/m1/s1. The topological polar surface area (TPSA) is 70.7 Å². The van der Waals surface area contributed by atoms with Gasteiger partial charge in [0.2, 0.25) is 0 Å². The third kappa shape index (κ3) is 4.53. The van der Waals surface area contributed by atoms with E-state index in [1.165, 1.54) is 22.9 Å². The highest BCUT2D eigenvalue weighted by Crippen LogP contribution is 2.26. The molecule has 0 radical (unpaired) electrons. The molecule has 3 rings (SSSR count). The van der Waals surface area contributed by atoms with Gasteiger partial charge in [0.25, 0.3) is 5.91 Å². The monoisotopic (exact) mass is 408 g/mol. The van der Waals surface area contributed by atoms with Crippen molar-refractivity contribution in [1.82, 2.24) is 15.1 Å². The Hall–Kier alpha value is -3.43. The normalized spacial score (nSPS) is 12.3. The van der Waals surface area contributed by atoms with E-state index in [4.69, 9.17) is 11.6 Å². The molecule has 5 nitrogen and oxygen atoms in total. The molecule has 3 aromatic rings. The Kier molecular flexibility index (Phi) is 6.10. The fraction of sp³-hybridized carbons (Fsp3) is 0.136. The van der Waals surface area contributed by atoms with Crippen LogP contribution in [-0.2, 0) is 4.79 Å².